The summed E-state index contributed by atoms with van der Waals surface area (Å²) in [6, 6.07) is 22.1. The molecular formula is C32H28O9. The molecule has 210 valence electrons. The number of methoxy groups -OCH3 is 4. The van der Waals surface area contributed by atoms with Crippen LogP contribution in [0.3, 0.4) is 0 Å². The lowest BCUT2D eigenvalue weighted by atomic mass is 9.99. The Morgan fingerprint density at radius 2 is 1.29 bits per heavy atom. The summed E-state index contributed by atoms with van der Waals surface area (Å²) < 4.78 is 40.2. The largest absolute Gasteiger partial charge is 0.493 e. The summed E-state index contributed by atoms with van der Waals surface area (Å²) in [5.41, 5.74) is 1.16. The van der Waals surface area contributed by atoms with E-state index in [2.05, 4.69) is 0 Å². The molecule has 0 fully saturated rings. The molecule has 0 unspecified atom stereocenters. The maximum atomic E-state index is 13.5. The van der Waals surface area contributed by atoms with Gasteiger partial charge in [0, 0.05) is 10.8 Å². The van der Waals surface area contributed by atoms with Crippen LogP contribution >= 0.6 is 0 Å². The van der Waals surface area contributed by atoms with E-state index >= 15 is 0 Å². The topological polar surface area (TPSA) is 103 Å². The summed E-state index contributed by atoms with van der Waals surface area (Å²) >= 11 is 0. The minimum atomic E-state index is -0.702. The van der Waals surface area contributed by atoms with E-state index in [0.717, 1.165) is 11.1 Å². The molecule has 0 bridgehead atoms. The van der Waals surface area contributed by atoms with Crippen LogP contribution in [-0.4, -0.2) is 34.4 Å². The number of fused-ring (bicyclic) bond motifs is 3. The standard InChI is InChI=1S/C32H28O9/c1-35-23-15-21(31(33)38-4)26-25-22(32(34)41-30(26)27(23)36-2)16-24(39-17-19-11-7-5-8-12-19)28(37-3)29(25)40-18-20-13-9-6-10-14-20/h5-16H,17-18H2,1-4H3. The second-order valence-corrected chi connectivity index (χ2v) is 8.95. The summed E-state index contributed by atoms with van der Waals surface area (Å²) in [5.74, 6) is 0.326. The molecule has 1 aromatic heterocycles. The number of esters is 1. The zero-order chi connectivity index (χ0) is 28.9. The highest BCUT2D eigenvalue weighted by molar-refractivity contribution is 6.19. The lowest BCUT2D eigenvalue weighted by Gasteiger charge is -2.20. The van der Waals surface area contributed by atoms with E-state index in [1.54, 1.807) is 0 Å². The van der Waals surface area contributed by atoms with Crippen LogP contribution in [-0.2, 0) is 18.0 Å². The van der Waals surface area contributed by atoms with E-state index in [4.69, 9.17) is 32.8 Å². The van der Waals surface area contributed by atoms with E-state index in [1.165, 1.54) is 40.6 Å². The molecule has 0 N–H and O–H groups in total. The fraction of sp³-hybridized carbons (Fsp3) is 0.188. The number of hydrogen-bond acceptors (Lipinski definition) is 9. The van der Waals surface area contributed by atoms with Gasteiger partial charge in [0.2, 0.25) is 11.5 Å². The molecule has 4 aromatic carbocycles. The Bertz CT molecular complexity index is 1760. The summed E-state index contributed by atoms with van der Waals surface area (Å²) in [7, 11) is 5.56. The van der Waals surface area contributed by atoms with E-state index in [1.807, 2.05) is 60.7 Å². The third kappa shape index (κ3) is 5.21. The van der Waals surface area contributed by atoms with Gasteiger partial charge in [-0.2, -0.15) is 0 Å². The van der Waals surface area contributed by atoms with Crippen molar-refractivity contribution < 1.29 is 37.6 Å². The summed E-state index contributed by atoms with van der Waals surface area (Å²) in [6.07, 6.45) is 0. The molecular weight excluding hydrogens is 528 g/mol. The number of carbonyl (C=O) groups is 1. The van der Waals surface area contributed by atoms with Crippen LogP contribution in [0.25, 0.3) is 21.7 Å². The first-order chi connectivity index (χ1) is 20.0. The zero-order valence-electron chi connectivity index (χ0n) is 23.0. The second kappa shape index (κ2) is 11.9. The number of carbonyl (C=O) groups excluding carboxylic acids is 1. The predicted molar refractivity (Wildman–Crippen MR) is 153 cm³/mol. The maximum absolute atomic E-state index is 13.5. The van der Waals surface area contributed by atoms with Crippen LogP contribution in [0, 0.1) is 0 Å². The number of rotatable bonds is 10. The fourth-order valence-corrected chi connectivity index (χ4v) is 4.65. The van der Waals surface area contributed by atoms with Crippen molar-refractivity contribution in [2.24, 2.45) is 0 Å². The van der Waals surface area contributed by atoms with Crippen LogP contribution < -0.4 is 29.3 Å². The van der Waals surface area contributed by atoms with Crippen molar-refractivity contribution in [2.45, 2.75) is 13.2 Å². The lowest BCUT2D eigenvalue weighted by molar-refractivity contribution is 0.0602. The Morgan fingerprint density at radius 3 is 1.85 bits per heavy atom. The summed E-state index contributed by atoms with van der Waals surface area (Å²) in [5, 5.41) is 0.624. The molecule has 5 rings (SSSR count). The van der Waals surface area contributed by atoms with Gasteiger partial charge in [-0.05, 0) is 23.3 Å². The summed E-state index contributed by atoms with van der Waals surface area (Å²) in [4.78, 5) is 26.6. The van der Waals surface area contributed by atoms with E-state index in [9.17, 15) is 9.59 Å². The molecule has 41 heavy (non-hydrogen) atoms. The lowest BCUT2D eigenvalue weighted by Crippen LogP contribution is -2.10. The first kappa shape index (κ1) is 27.4. The molecule has 0 spiro atoms. The van der Waals surface area contributed by atoms with Crippen molar-refractivity contribution in [3.8, 4) is 28.7 Å². The van der Waals surface area contributed by atoms with Crippen LogP contribution in [0.5, 0.6) is 28.7 Å². The normalized spacial score (nSPS) is 10.8. The van der Waals surface area contributed by atoms with Crippen molar-refractivity contribution in [1.82, 2.24) is 0 Å². The molecule has 1 heterocycles. The quantitative estimate of drug-likeness (QED) is 0.118. The fourth-order valence-electron chi connectivity index (χ4n) is 4.65. The Labute approximate surface area is 235 Å². The molecule has 9 heteroatoms. The molecule has 0 atom stereocenters. The number of benzene rings is 4. The van der Waals surface area contributed by atoms with Crippen LogP contribution in [0.1, 0.15) is 21.5 Å². The first-order valence-electron chi connectivity index (χ1n) is 12.7. The maximum Gasteiger partial charge on any atom is 0.344 e. The van der Waals surface area contributed by atoms with Gasteiger partial charge in [-0.25, -0.2) is 9.59 Å². The number of ether oxygens (including phenoxy) is 6. The van der Waals surface area contributed by atoms with E-state index in [-0.39, 0.29) is 69.3 Å². The van der Waals surface area contributed by atoms with Crippen molar-refractivity contribution in [2.75, 3.05) is 28.4 Å². The second-order valence-electron chi connectivity index (χ2n) is 8.95. The van der Waals surface area contributed by atoms with Crippen molar-refractivity contribution >= 4 is 27.7 Å². The highest BCUT2D eigenvalue weighted by atomic mass is 16.5. The first-order valence-corrected chi connectivity index (χ1v) is 12.7. The van der Waals surface area contributed by atoms with Crippen LogP contribution in [0.2, 0.25) is 0 Å². The molecule has 0 aliphatic heterocycles. The monoisotopic (exact) mass is 556 g/mol. The van der Waals surface area contributed by atoms with Crippen LogP contribution in [0.4, 0.5) is 0 Å². The minimum absolute atomic E-state index is 0.00526. The van der Waals surface area contributed by atoms with E-state index < -0.39 is 11.6 Å². The van der Waals surface area contributed by atoms with Gasteiger partial charge in [0.1, 0.15) is 13.2 Å². The Balaban J connectivity index is 1.85. The molecule has 0 saturated carbocycles. The molecule has 0 saturated heterocycles. The Morgan fingerprint density at radius 1 is 0.683 bits per heavy atom. The van der Waals surface area contributed by atoms with Crippen LogP contribution in [0.15, 0.2) is 82.0 Å². The van der Waals surface area contributed by atoms with Crippen molar-refractivity contribution in [3.63, 3.8) is 0 Å². The molecule has 0 amide bonds. The van der Waals surface area contributed by atoms with Gasteiger partial charge in [0.25, 0.3) is 0 Å². The highest BCUT2D eigenvalue weighted by Crippen LogP contribution is 2.49. The molecule has 0 aliphatic carbocycles. The highest BCUT2D eigenvalue weighted by Gasteiger charge is 2.29. The van der Waals surface area contributed by atoms with Crippen molar-refractivity contribution in [3.05, 3.63) is 99.9 Å². The summed E-state index contributed by atoms with van der Waals surface area (Å²) in [6.45, 7) is 0.342. The average Bonchev–Trinajstić information content (AvgIpc) is 3.02. The van der Waals surface area contributed by atoms with Gasteiger partial charge in [-0.1, -0.05) is 60.7 Å². The molecule has 9 nitrogen and oxygen atoms in total. The van der Waals surface area contributed by atoms with Gasteiger partial charge in [-0.3, -0.25) is 0 Å². The zero-order valence-corrected chi connectivity index (χ0v) is 23.0. The van der Waals surface area contributed by atoms with Gasteiger partial charge >= 0.3 is 11.6 Å². The SMILES string of the molecule is COC(=O)c1cc(OC)c(OC)c2oc(=O)c3cc(OCc4ccccc4)c(OC)c(OCc4ccccc4)c3c12. The Kier molecular flexibility index (Phi) is 7.96. The van der Waals surface area contributed by atoms with Gasteiger partial charge in [-0.15, -0.1) is 0 Å². The van der Waals surface area contributed by atoms with Gasteiger partial charge < -0.3 is 32.8 Å². The minimum Gasteiger partial charge on any atom is -0.493 e. The molecule has 0 radical (unpaired) electrons. The third-order valence-corrected chi connectivity index (χ3v) is 6.57. The average molecular weight is 557 g/mol. The smallest absolute Gasteiger partial charge is 0.344 e. The van der Waals surface area contributed by atoms with Gasteiger partial charge in [0.05, 0.1) is 39.4 Å². The molecule has 5 aromatic rings. The third-order valence-electron chi connectivity index (χ3n) is 6.57. The molecule has 0 aliphatic rings. The predicted octanol–water partition coefficient (Wildman–Crippen LogP) is 5.92. The van der Waals surface area contributed by atoms with Gasteiger partial charge in [0.15, 0.2) is 22.8 Å². The van der Waals surface area contributed by atoms with E-state index in [0.29, 0.717) is 0 Å². The van der Waals surface area contributed by atoms with Crippen molar-refractivity contribution in [1.29, 1.82) is 0 Å². The number of hydrogen-bond donors (Lipinski definition) is 0. The Hall–Kier alpha value is -5.18.